The molecule has 12 aromatic rings. The minimum absolute atomic E-state index is 0.0156. The lowest BCUT2D eigenvalue weighted by Gasteiger charge is -2.46. The molecule has 45 nitrogen and oxygen atoms in total. The van der Waals surface area contributed by atoms with Gasteiger partial charge in [0, 0.05) is 79.5 Å². The molecule has 0 saturated heterocycles. The zero-order chi connectivity index (χ0) is 93.7. The van der Waals surface area contributed by atoms with Crippen molar-refractivity contribution in [1.82, 2.24) is 88.1 Å². The lowest BCUT2D eigenvalue weighted by atomic mass is 9.79. The topological polar surface area (TPSA) is 650 Å². The Bertz CT molecular complexity index is 6850. The van der Waals surface area contributed by atoms with E-state index >= 15 is 4.39 Å². The molecule has 10 aromatic heterocycles. The molecule has 4 saturated carbocycles. The molecule has 4 unspecified atom stereocenters. The minimum atomic E-state index is -4.04. The van der Waals surface area contributed by atoms with Gasteiger partial charge in [-0.25, -0.2) is 136 Å². The first-order valence-electron chi connectivity index (χ1n) is 42.0. The van der Waals surface area contributed by atoms with Gasteiger partial charge < -0.3 is 53.7 Å². The molecule has 8 aliphatic rings. The number of ether oxygens (including phenoxy) is 3. The second kappa shape index (κ2) is 34.9. The third-order valence-corrected chi connectivity index (χ3v) is 29.0. The number of hydrazine groups is 4. The summed E-state index contributed by atoms with van der Waals surface area (Å²) in [5.41, 5.74) is 2.14. The molecule has 4 amide bonds. The van der Waals surface area contributed by atoms with E-state index in [2.05, 4.69) is 66.1 Å². The largest absolute Gasteiger partial charge is 0.354 e. The predicted octanol–water partition coefficient (Wildman–Crippen LogP) is 6.62. The van der Waals surface area contributed by atoms with Crippen LogP contribution in [0.3, 0.4) is 0 Å². The minimum Gasteiger partial charge on any atom is -0.354 e. The number of amides is 4. The number of benzene rings is 2. The zero-order valence-electron chi connectivity index (χ0n) is 71.3. The Labute approximate surface area is 752 Å². The molecule has 20 rings (SSSR count). The number of hydrogen-bond acceptors (Lipinski definition) is 33. The van der Waals surface area contributed by atoms with Gasteiger partial charge in [-0.3, -0.25) is 19.2 Å². The predicted molar refractivity (Wildman–Crippen MR) is 472 cm³/mol. The zero-order valence-corrected chi connectivity index (χ0v) is 74.5. The summed E-state index contributed by atoms with van der Waals surface area (Å²) >= 11 is 0. The highest BCUT2D eigenvalue weighted by Crippen LogP contribution is 2.52. The molecule has 4 fully saturated rings. The highest BCUT2D eigenvalue weighted by molar-refractivity contribution is 7.90. The van der Waals surface area contributed by atoms with Gasteiger partial charge in [-0.05, 0) is 142 Å². The van der Waals surface area contributed by atoms with Crippen LogP contribution >= 0.6 is 0 Å². The molecule has 4 spiro atoms. The lowest BCUT2D eigenvalue weighted by Crippen LogP contribution is -2.60. The summed E-state index contributed by atoms with van der Waals surface area (Å²) in [6.07, 6.45) is 21.1. The summed E-state index contributed by atoms with van der Waals surface area (Å²) < 4.78 is 145. The van der Waals surface area contributed by atoms with Crippen molar-refractivity contribution in [3.05, 3.63) is 157 Å². The Morgan fingerprint density at radius 1 is 0.356 bits per heavy atom. The first-order valence-corrected chi connectivity index (χ1v) is 48.2. The maximum atomic E-state index is 15.0. The Morgan fingerprint density at radius 2 is 0.689 bits per heavy atom. The van der Waals surface area contributed by atoms with Crippen molar-refractivity contribution in [2.45, 2.75) is 195 Å². The van der Waals surface area contributed by atoms with Crippen LogP contribution in [0.4, 0.5) is 55.5 Å². The van der Waals surface area contributed by atoms with Crippen LogP contribution in [0, 0.1) is 5.82 Å². The van der Waals surface area contributed by atoms with E-state index in [0.717, 1.165) is 116 Å². The van der Waals surface area contributed by atoms with Gasteiger partial charge in [-0.2, -0.15) is 19.9 Å². The van der Waals surface area contributed by atoms with Gasteiger partial charge in [-0.15, -0.1) is 0 Å². The number of nitrogens with one attached hydrogen (secondary N) is 4. The van der Waals surface area contributed by atoms with Gasteiger partial charge in [0.05, 0.1) is 50.1 Å². The third kappa shape index (κ3) is 16.3. The molecule has 51 heteroatoms. The van der Waals surface area contributed by atoms with Gasteiger partial charge in [0.15, 0.2) is 23.7 Å². The molecule has 4 aliphatic carbocycles. The molecule has 696 valence electrons. The molecule has 14 heterocycles. The van der Waals surface area contributed by atoms with Gasteiger partial charge in [0.1, 0.15) is 61.3 Å². The number of carbonyl (C=O) groups excluding carboxylic acids is 4. The van der Waals surface area contributed by atoms with Crippen LogP contribution in [0.15, 0.2) is 148 Å². The second-order valence-corrected chi connectivity index (χ2v) is 39.6. The van der Waals surface area contributed by atoms with Gasteiger partial charge in [0.2, 0.25) is 60.2 Å². The number of primary sulfonamides is 4. The second-order valence-electron chi connectivity index (χ2n) is 33.4. The number of nitrogens with two attached hydrogens (primary N) is 8. The Hall–Kier alpha value is -12.5. The number of alkyl halides is 1. The monoisotopic (exact) mass is 1890 g/mol. The van der Waals surface area contributed by atoms with Crippen LogP contribution in [0.25, 0.3) is 44.1 Å². The smallest absolute Gasteiger partial charge is 0.265 e. The molecule has 0 radical (unpaired) electrons. The van der Waals surface area contributed by atoms with Crippen LogP contribution in [0.1, 0.15) is 176 Å². The number of methoxy groups -OCH3 is 3. The molecule has 4 aliphatic heterocycles. The molecule has 4 atom stereocenters. The molecular weight excluding hydrogens is 1800 g/mol. The number of sulfonamides is 4. The van der Waals surface area contributed by atoms with E-state index in [1.54, 1.807) is 35.4 Å². The Morgan fingerprint density at radius 3 is 1.03 bits per heavy atom. The van der Waals surface area contributed by atoms with Crippen LogP contribution in [0.2, 0.25) is 0 Å². The normalized spacial score (nSPS) is 20.3. The fraction of sp³-hybridized carbons (Fsp3) is 0.383. The number of carbonyl (C=O) groups is 4. The Kier molecular flexibility index (Phi) is 24.2. The van der Waals surface area contributed by atoms with Crippen molar-refractivity contribution in [3.8, 4) is 0 Å². The number of halogens is 2. The molecule has 20 N–H and O–H groups in total. The van der Waals surface area contributed by atoms with Crippen molar-refractivity contribution in [2.24, 2.45) is 43.9 Å². The quantitative estimate of drug-likeness (QED) is 0.0291. The van der Waals surface area contributed by atoms with Crippen LogP contribution in [0.5, 0.6) is 0 Å². The van der Waals surface area contributed by atoms with Gasteiger partial charge in [0.25, 0.3) is 33.7 Å². The summed E-state index contributed by atoms with van der Waals surface area (Å²) in [5.74, 6) is 23.7. The molecule has 0 bridgehead atoms. The number of hydrogen-bond donors (Lipinski definition) is 12. The van der Waals surface area contributed by atoms with Crippen molar-refractivity contribution < 1.29 is 75.8 Å². The average Bonchev–Trinajstić information content (AvgIpc) is 1.54. The Balaban J connectivity index is 0.000000123. The average molecular weight is 1890 g/mol. The van der Waals surface area contributed by atoms with E-state index in [0.29, 0.717) is 113 Å². The van der Waals surface area contributed by atoms with Crippen LogP contribution in [-0.4, -0.2) is 167 Å². The summed E-state index contributed by atoms with van der Waals surface area (Å²) in [7, 11) is -11.1. The van der Waals surface area contributed by atoms with Crippen LogP contribution < -0.4 is 65.2 Å². The van der Waals surface area contributed by atoms with Crippen molar-refractivity contribution in [2.75, 3.05) is 42.6 Å². The van der Waals surface area contributed by atoms with E-state index in [-0.39, 0.29) is 72.6 Å². The first kappa shape index (κ1) is 91.4. The fourth-order valence-corrected chi connectivity index (χ4v) is 21.3. The van der Waals surface area contributed by atoms with E-state index in [1.165, 1.54) is 98.2 Å². The number of nitrogens with zero attached hydrogens (tertiary/aromatic N) is 18. The highest BCUT2D eigenvalue weighted by atomic mass is 32.2. The number of anilines is 8. The number of rotatable bonds is 15. The highest BCUT2D eigenvalue weighted by Gasteiger charge is 2.56. The SMILES string of the molecule is COC1c2cc3cnc(Nc4ccc(S(N)(=O)=O)cc4F)nc3n2C2(CCCCC2)C(=O)N1N.COC1c2cc3cnc(Nc4ccc(S(N)(=O)=O)cn4)nc3n2C2(CCCCC2)C(=O)N1N.COC1c2cc3cnc(Nc4ccc(S(N)(=O)=O)nc4)nc3n2C2(CCCCC2)C(=O)N1N.NN1C(=O)C2(CCCCC2)n2c(cc3cnc(Nc4ccc(S(N)(=O)=O)cc4)nc32)C1F. The van der Waals surface area contributed by atoms with Gasteiger partial charge >= 0.3 is 0 Å². The third-order valence-electron chi connectivity index (χ3n) is 25.5. The molecule has 132 heavy (non-hydrogen) atoms. The summed E-state index contributed by atoms with van der Waals surface area (Å²) in [6, 6.07) is 22.0. The van der Waals surface area contributed by atoms with Crippen molar-refractivity contribution in [3.63, 3.8) is 0 Å². The lowest BCUT2D eigenvalue weighted by molar-refractivity contribution is -0.165. The number of pyridine rings is 2. The van der Waals surface area contributed by atoms with Crippen molar-refractivity contribution in [1.29, 1.82) is 0 Å². The van der Waals surface area contributed by atoms with E-state index in [9.17, 15) is 57.2 Å². The van der Waals surface area contributed by atoms with Crippen molar-refractivity contribution >= 4 is 155 Å². The maximum Gasteiger partial charge on any atom is 0.265 e. The summed E-state index contributed by atoms with van der Waals surface area (Å²) in [4.78, 5) is 96.7. The van der Waals surface area contributed by atoms with Crippen LogP contribution in [-0.2, 0) is 95.6 Å². The van der Waals surface area contributed by atoms with Gasteiger partial charge in [-0.1, -0.05) is 77.0 Å². The number of aromatic nitrogens is 14. The standard InChI is InChI=1S/C21H24FN7O4S.C20H22FN7O3S.2C20H24N8O4S/c1-33-18-16-9-12-11-25-20(26-15-6-5-13(10-14(15)22)34(24,31)32)27-17(12)28(16)21(19(30)29(18)23)7-3-2-4-8-21;21-16-15-10-12-11-24-19(25-13-4-6-14(7-5-13)32(23,30)31)26-17(12)27(15)20(18(29)28(16)22)8-2-1-3-9-20;1-32-17-14-9-12-10-24-19(25-15-6-5-13(11-23-15)33(22,30)31)26-16(12)27(14)20(18(29)28(17)21)7-3-2-4-8-20;1-32-17-14-9-12-10-24-19(25-13-5-6-15(23-11-13)33(22,30)31)26-16(12)27(14)20(18(29)28(17)21)7-3-2-4-8-20/h5-6,9-11,18H,2-4,7-8,23H2,1H3,(H2,24,31,32)(H,25,26,27);4-7,10-11,16H,1-3,8-9,22H2,(H2,23,30,31)(H,24,25,26);5-6,9-11,17H,2-4,7-8,21H2,1H3,(H2,22,30,31)(H,23,24,25,26);5-6,9-11,17H,2-4,7-8,21H2,1H3,(H2,22,30,31)(H,24,25,26). The van der Waals surface area contributed by atoms with E-state index in [1.807, 2.05) is 31.9 Å². The fourth-order valence-electron chi connectivity index (χ4n) is 19.4. The number of fused-ring (bicyclic) bond motifs is 16. The first-order chi connectivity index (χ1) is 62.8. The van der Waals surface area contributed by atoms with E-state index < -0.39 is 99.0 Å². The summed E-state index contributed by atoms with van der Waals surface area (Å²) in [6.45, 7) is 0. The molecular formula is C81H94F2N30O15S4. The maximum absolute atomic E-state index is 15.0. The summed E-state index contributed by atoms with van der Waals surface area (Å²) in [5, 5.41) is 39.0. The van der Waals surface area contributed by atoms with E-state index in [4.69, 9.17) is 63.1 Å². The molecule has 2 aromatic carbocycles.